The third-order valence-corrected chi connectivity index (χ3v) is 13.7. The lowest BCUT2D eigenvalue weighted by atomic mass is 9.89. The van der Waals surface area contributed by atoms with E-state index >= 15 is 4.79 Å². The molecule has 4 aromatic carbocycles. The Bertz CT molecular complexity index is 2410. The van der Waals surface area contributed by atoms with Crippen molar-refractivity contribution >= 4 is 27.5 Å². The maximum atomic E-state index is 15.4. The van der Waals surface area contributed by atoms with E-state index in [0.29, 0.717) is 61.6 Å². The van der Waals surface area contributed by atoms with Gasteiger partial charge in [-0.25, -0.2) is 8.42 Å². The fourth-order valence-electron chi connectivity index (χ4n) is 8.46. The molecule has 0 spiro atoms. The average molecular weight is 788 g/mol. The summed E-state index contributed by atoms with van der Waals surface area (Å²) in [6, 6.07) is 29.7. The fraction of sp³-hybridized carbons (Fsp3) is 0.333. The van der Waals surface area contributed by atoms with Crippen molar-refractivity contribution in [2.75, 3.05) is 51.3 Å². The quantitative estimate of drug-likeness (QED) is 0.202. The van der Waals surface area contributed by atoms with Crippen LogP contribution >= 0.6 is 0 Å². The van der Waals surface area contributed by atoms with Crippen molar-refractivity contribution in [3.05, 3.63) is 142 Å². The Labute approximate surface area is 334 Å². The number of rotatable bonds is 9. The van der Waals surface area contributed by atoms with Gasteiger partial charge in [0.05, 0.1) is 24.5 Å². The molecule has 1 aromatic heterocycles. The molecule has 8 rings (SSSR count). The predicted molar refractivity (Wildman–Crippen MR) is 221 cm³/mol. The zero-order valence-corrected chi connectivity index (χ0v) is 33.5. The fourth-order valence-corrected chi connectivity index (χ4v) is 9.96. The van der Waals surface area contributed by atoms with E-state index < -0.39 is 10.0 Å². The first-order chi connectivity index (χ1) is 27.5. The molecule has 1 N–H and O–H groups in total. The molecule has 1 saturated heterocycles. The molecule has 5 aromatic rings. The first kappa shape index (κ1) is 38.6. The van der Waals surface area contributed by atoms with Crippen LogP contribution in [0.2, 0.25) is 0 Å². The Hall–Kier alpha value is -5.27. The Morgan fingerprint density at radius 2 is 1.53 bits per heavy atom. The first-order valence-electron chi connectivity index (χ1n) is 19.6. The Balaban J connectivity index is 1.20. The number of carbonyl (C=O) groups excluding carboxylic acids is 2. The molecule has 0 bridgehead atoms. The summed E-state index contributed by atoms with van der Waals surface area (Å²) in [4.78, 5) is 35.3. The van der Waals surface area contributed by atoms with Gasteiger partial charge in [0.15, 0.2) is 0 Å². The lowest BCUT2D eigenvalue weighted by Gasteiger charge is -2.41. The van der Waals surface area contributed by atoms with Gasteiger partial charge >= 0.3 is 0 Å². The van der Waals surface area contributed by atoms with Crippen molar-refractivity contribution in [3.8, 4) is 17.0 Å². The van der Waals surface area contributed by atoms with E-state index in [1.165, 1.54) is 9.87 Å². The van der Waals surface area contributed by atoms with Crippen LogP contribution in [-0.2, 0) is 53.5 Å². The number of phenolic OH excluding ortho intramolecular Hbond substituents is 1. The highest BCUT2D eigenvalue weighted by molar-refractivity contribution is 7.88. The molecule has 12 heteroatoms. The monoisotopic (exact) mass is 787 g/mol. The average Bonchev–Trinajstić information content (AvgIpc) is 3.52. The summed E-state index contributed by atoms with van der Waals surface area (Å²) in [5.74, 6) is -0.327. The van der Waals surface area contributed by atoms with E-state index in [1.807, 2.05) is 78.0 Å². The van der Waals surface area contributed by atoms with E-state index in [-0.39, 0.29) is 35.9 Å². The van der Waals surface area contributed by atoms with Crippen molar-refractivity contribution in [3.63, 3.8) is 0 Å². The highest BCUT2D eigenvalue weighted by Crippen LogP contribution is 2.36. The molecule has 1 atom stereocenters. The standard InChI is InChI=1S/C45H49N5O6S/c1-31-40(44(52)47(3)37-13-15-39(51)16-14-37)26-43(46(31)2)41-24-34-17-18-49(57(54,55)30-32-9-5-4-6-10-32)27-36(34)25-42(41)45(53)50-28-35-12-8-7-11-33(35)23-38(50)29-48-19-21-56-22-20-48/h4-16,24-26,38,51H,17-23,27-30H2,1-3H3/t38-/m0/s1. The van der Waals surface area contributed by atoms with Crippen LogP contribution in [0.25, 0.3) is 11.3 Å². The maximum Gasteiger partial charge on any atom is 0.259 e. The van der Waals surface area contributed by atoms with Crippen LogP contribution in [0, 0.1) is 6.92 Å². The number of phenols is 1. The summed E-state index contributed by atoms with van der Waals surface area (Å²) in [5, 5.41) is 9.84. The second-order valence-corrected chi connectivity index (χ2v) is 17.4. The van der Waals surface area contributed by atoms with Gasteiger partial charge in [-0.2, -0.15) is 4.31 Å². The van der Waals surface area contributed by atoms with E-state index in [4.69, 9.17) is 4.74 Å². The van der Waals surface area contributed by atoms with Crippen LogP contribution in [0.4, 0.5) is 5.69 Å². The molecule has 0 aliphatic carbocycles. The normalized spacial score (nSPS) is 17.5. The van der Waals surface area contributed by atoms with Crippen LogP contribution in [0.5, 0.6) is 5.75 Å². The minimum Gasteiger partial charge on any atom is -0.508 e. The van der Waals surface area contributed by atoms with Gasteiger partial charge < -0.3 is 24.2 Å². The number of amides is 2. The van der Waals surface area contributed by atoms with Crippen molar-refractivity contribution in [1.29, 1.82) is 0 Å². The van der Waals surface area contributed by atoms with E-state index in [9.17, 15) is 18.3 Å². The Morgan fingerprint density at radius 1 is 0.825 bits per heavy atom. The highest BCUT2D eigenvalue weighted by Gasteiger charge is 2.36. The highest BCUT2D eigenvalue weighted by atomic mass is 32.2. The second kappa shape index (κ2) is 15.9. The maximum absolute atomic E-state index is 15.4. The van der Waals surface area contributed by atoms with Gasteiger partial charge in [0.2, 0.25) is 10.0 Å². The van der Waals surface area contributed by atoms with Gasteiger partial charge in [0, 0.05) is 87.6 Å². The summed E-state index contributed by atoms with van der Waals surface area (Å²) in [6.45, 7) is 6.47. The van der Waals surface area contributed by atoms with Crippen LogP contribution in [0.3, 0.4) is 0 Å². The predicted octanol–water partition coefficient (Wildman–Crippen LogP) is 5.77. The lowest BCUT2D eigenvalue weighted by molar-refractivity contribution is 0.0193. The van der Waals surface area contributed by atoms with E-state index in [1.54, 1.807) is 36.2 Å². The van der Waals surface area contributed by atoms with Crippen LogP contribution in [-0.4, -0.2) is 96.5 Å². The molecular formula is C45H49N5O6S. The van der Waals surface area contributed by atoms with Gasteiger partial charge in [0.25, 0.3) is 11.8 Å². The molecule has 4 heterocycles. The van der Waals surface area contributed by atoms with Gasteiger partial charge in [-0.15, -0.1) is 0 Å². The summed E-state index contributed by atoms with van der Waals surface area (Å²) in [7, 11) is -0.0314. The number of aromatic nitrogens is 1. The zero-order chi connectivity index (χ0) is 39.8. The number of nitrogens with zero attached hydrogens (tertiary/aromatic N) is 5. The van der Waals surface area contributed by atoms with E-state index in [0.717, 1.165) is 53.2 Å². The van der Waals surface area contributed by atoms with Crippen LogP contribution in [0.1, 0.15) is 54.2 Å². The lowest BCUT2D eigenvalue weighted by Crippen LogP contribution is -2.52. The third-order valence-electron chi connectivity index (χ3n) is 11.9. The number of benzene rings is 4. The van der Waals surface area contributed by atoms with Crippen LogP contribution < -0.4 is 4.90 Å². The van der Waals surface area contributed by atoms with Crippen LogP contribution in [0.15, 0.2) is 97.1 Å². The summed E-state index contributed by atoms with van der Waals surface area (Å²) < 4.78 is 36.7. The number of sulfonamides is 1. The molecule has 3 aliphatic rings. The number of morpholine rings is 1. The molecule has 2 amide bonds. The Kier molecular flexibility index (Phi) is 10.8. The Morgan fingerprint density at radius 3 is 2.26 bits per heavy atom. The summed E-state index contributed by atoms with van der Waals surface area (Å²) >= 11 is 0. The van der Waals surface area contributed by atoms with Crippen molar-refractivity contribution in [1.82, 2.24) is 18.7 Å². The molecule has 0 unspecified atom stereocenters. The number of anilines is 1. The number of hydrogen-bond acceptors (Lipinski definition) is 7. The first-order valence-corrected chi connectivity index (χ1v) is 21.2. The molecule has 0 radical (unpaired) electrons. The second-order valence-electron chi connectivity index (χ2n) is 15.4. The number of hydrogen-bond donors (Lipinski definition) is 1. The summed E-state index contributed by atoms with van der Waals surface area (Å²) in [6.07, 6.45) is 1.21. The number of carbonyl (C=O) groups is 2. The minimum absolute atomic E-state index is 0.0941. The van der Waals surface area contributed by atoms with Gasteiger partial charge in [-0.1, -0.05) is 54.6 Å². The van der Waals surface area contributed by atoms with Crippen molar-refractivity contribution in [2.24, 2.45) is 7.05 Å². The molecular weight excluding hydrogens is 739 g/mol. The smallest absolute Gasteiger partial charge is 0.259 e. The van der Waals surface area contributed by atoms with Crippen molar-refractivity contribution < 1.29 is 27.9 Å². The van der Waals surface area contributed by atoms with Gasteiger partial charge in [-0.05, 0) is 90.0 Å². The molecule has 296 valence electrons. The summed E-state index contributed by atoms with van der Waals surface area (Å²) in [5.41, 5.74) is 8.65. The molecule has 3 aliphatic heterocycles. The molecule has 57 heavy (non-hydrogen) atoms. The van der Waals surface area contributed by atoms with Gasteiger partial charge in [-0.3, -0.25) is 14.5 Å². The zero-order valence-electron chi connectivity index (χ0n) is 32.7. The number of aromatic hydroxyl groups is 1. The minimum atomic E-state index is -3.64. The SMILES string of the molecule is Cc1c(C(=O)N(C)c2ccc(O)cc2)cc(-c2cc3c(cc2C(=O)N2Cc4ccccc4C[C@H]2CN2CCOCC2)CN(S(=O)(=O)Cc2ccccc2)CC3)n1C. The number of ether oxygens (including phenoxy) is 1. The largest absolute Gasteiger partial charge is 0.508 e. The van der Waals surface area contributed by atoms with Gasteiger partial charge in [0.1, 0.15) is 5.75 Å². The van der Waals surface area contributed by atoms with Crippen molar-refractivity contribution in [2.45, 2.75) is 44.6 Å². The number of fused-ring (bicyclic) bond motifs is 2. The third kappa shape index (κ3) is 7.87. The molecule has 1 fully saturated rings. The van der Waals surface area contributed by atoms with E-state index in [2.05, 4.69) is 23.1 Å². The topological polar surface area (TPSA) is 116 Å². The molecule has 0 saturated carbocycles. The molecule has 11 nitrogen and oxygen atoms in total.